The molecule has 68 valence electrons. The van der Waals surface area contributed by atoms with Crippen LogP contribution in [0.15, 0.2) is 27.7 Å². The fraction of sp³-hybridized carbons (Fsp3) is 0.222. The van der Waals surface area contributed by atoms with E-state index in [4.69, 9.17) is 0 Å². The third kappa shape index (κ3) is 1.13. The lowest BCUT2D eigenvalue weighted by Crippen LogP contribution is -2.17. The number of aryl methyl sites for hydroxylation is 2. The average Bonchev–Trinajstić information content (AvgIpc) is 2.44. The molecule has 0 atom stereocenters. The second-order valence-electron chi connectivity index (χ2n) is 3.08. The van der Waals surface area contributed by atoms with Crippen molar-refractivity contribution in [1.82, 2.24) is 9.13 Å². The number of rotatable bonds is 0. The molecule has 4 heteroatoms. The summed E-state index contributed by atoms with van der Waals surface area (Å²) < 4.78 is 4.36. The van der Waals surface area contributed by atoms with Gasteiger partial charge in [0.15, 0.2) is 0 Å². The van der Waals surface area contributed by atoms with Crippen molar-refractivity contribution in [2.45, 2.75) is 0 Å². The maximum Gasteiger partial charge on any atom is 0.274 e. The van der Waals surface area contributed by atoms with E-state index in [0.717, 1.165) is 15.4 Å². The van der Waals surface area contributed by atoms with Gasteiger partial charge in [-0.1, -0.05) is 0 Å². The van der Waals surface area contributed by atoms with Crippen LogP contribution < -0.4 is 5.56 Å². The summed E-state index contributed by atoms with van der Waals surface area (Å²) in [6, 6.07) is 1.93. The Balaban J connectivity index is 3.10. The molecule has 0 N–H and O–H groups in total. The summed E-state index contributed by atoms with van der Waals surface area (Å²) in [6.45, 7) is 0. The predicted octanol–water partition coefficient (Wildman–Crippen LogP) is 1.64. The summed E-state index contributed by atoms with van der Waals surface area (Å²) in [6.07, 6.45) is 3.67. The summed E-state index contributed by atoms with van der Waals surface area (Å²) in [5.41, 5.74) is 0.766. The quantitative estimate of drug-likeness (QED) is 0.688. The second kappa shape index (κ2) is 2.73. The van der Waals surface area contributed by atoms with Gasteiger partial charge in [-0.15, -0.1) is 0 Å². The first-order valence-electron chi connectivity index (χ1n) is 3.91. The molecule has 0 amide bonds. The Morgan fingerprint density at radius 3 is 2.69 bits per heavy atom. The topological polar surface area (TPSA) is 26.9 Å². The maximum atomic E-state index is 11.7. The van der Waals surface area contributed by atoms with E-state index in [1.807, 2.05) is 23.9 Å². The number of nitrogens with zero attached hydrogens (tertiary/aromatic N) is 2. The van der Waals surface area contributed by atoms with Crippen LogP contribution in [0, 0.1) is 0 Å². The van der Waals surface area contributed by atoms with Crippen LogP contribution in [0.25, 0.3) is 10.9 Å². The van der Waals surface area contributed by atoms with Crippen LogP contribution in [0.3, 0.4) is 0 Å². The lowest BCUT2D eigenvalue weighted by atomic mass is 10.3. The molecule has 0 saturated heterocycles. The van der Waals surface area contributed by atoms with E-state index in [2.05, 4.69) is 15.9 Å². The number of halogens is 1. The van der Waals surface area contributed by atoms with E-state index >= 15 is 0 Å². The Bertz CT molecular complexity index is 524. The Hall–Kier alpha value is -1.03. The summed E-state index contributed by atoms with van der Waals surface area (Å²) >= 11 is 3.42. The van der Waals surface area contributed by atoms with Crippen LogP contribution in [0.1, 0.15) is 0 Å². The van der Waals surface area contributed by atoms with Gasteiger partial charge in [-0.2, -0.15) is 0 Å². The SMILES string of the molecule is Cn1cc(Br)c2ccn(C)c2c1=O. The Labute approximate surface area is 83.7 Å². The molecule has 2 heterocycles. The van der Waals surface area contributed by atoms with Gasteiger partial charge in [0.25, 0.3) is 5.56 Å². The number of pyridine rings is 1. The highest BCUT2D eigenvalue weighted by atomic mass is 79.9. The maximum absolute atomic E-state index is 11.7. The van der Waals surface area contributed by atoms with Gasteiger partial charge in [0.1, 0.15) is 5.52 Å². The zero-order valence-electron chi connectivity index (χ0n) is 7.41. The van der Waals surface area contributed by atoms with Crippen molar-refractivity contribution in [3.05, 3.63) is 33.3 Å². The van der Waals surface area contributed by atoms with Crippen molar-refractivity contribution in [3.8, 4) is 0 Å². The number of hydrogen-bond acceptors (Lipinski definition) is 1. The summed E-state index contributed by atoms with van der Waals surface area (Å²) in [7, 11) is 3.62. The number of aromatic nitrogens is 2. The first kappa shape index (κ1) is 8.56. The molecule has 0 aliphatic rings. The molecular weight excluding hydrogens is 232 g/mol. The van der Waals surface area contributed by atoms with Gasteiger partial charge in [0, 0.05) is 36.3 Å². The van der Waals surface area contributed by atoms with Crippen LogP contribution in [-0.4, -0.2) is 9.13 Å². The molecule has 0 aliphatic carbocycles. The lowest BCUT2D eigenvalue weighted by molar-refractivity contribution is 0.849. The van der Waals surface area contributed by atoms with Crippen molar-refractivity contribution >= 4 is 26.8 Å². The van der Waals surface area contributed by atoms with Gasteiger partial charge in [-0.25, -0.2) is 0 Å². The number of fused-ring (bicyclic) bond motifs is 1. The Morgan fingerprint density at radius 2 is 2.00 bits per heavy atom. The highest BCUT2D eigenvalue weighted by molar-refractivity contribution is 9.10. The van der Waals surface area contributed by atoms with Crippen LogP contribution in [0.5, 0.6) is 0 Å². The predicted molar refractivity (Wildman–Crippen MR) is 55.9 cm³/mol. The minimum atomic E-state index is 0.0331. The van der Waals surface area contributed by atoms with E-state index < -0.39 is 0 Å². The molecule has 0 aliphatic heterocycles. The molecule has 0 fully saturated rings. The molecular formula is C9H9BrN2O. The zero-order chi connectivity index (χ0) is 9.59. The fourth-order valence-electron chi connectivity index (χ4n) is 1.45. The number of hydrogen-bond donors (Lipinski definition) is 0. The minimum absolute atomic E-state index is 0.0331. The second-order valence-corrected chi connectivity index (χ2v) is 3.94. The Kier molecular flexibility index (Phi) is 1.80. The van der Waals surface area contributed by atoms with Crippen molar-refractivity contribution in [2.75, 3.05) is 0 Å². The minimum Gasteiger partial charge on any atom is -0.346 e. The van der Waals surface area contributed by atoms with Crippen molar-refractivity contribution in [3.63, 3.8) is 0 Å². The van der Waals surface area contributed by atoms with E-state index in [1.54, 1.807) is 17.8 Å². The highest BCUT2D eigenvalue weighted by Crippen LogP contribution is 2.20. The molecule has 2 aromatic rings. The van der Waals surface area contributed by atoms with Gasteiger partial charge in [-0.05, 0) is 22.0 Å². The van der Waals surface area contributed by atoms with Gasteiger partial charge in [-0.3, -0.25) is 4.79 Å². The zero-order valence-corrected chi connectivity index (χ0v) is 9.00. The summed E-state index contributed by atoms with van der Waals surface area (Å²) in [5.74, 6) is 0. The molecule has 0 saturated carbocycles. The van der Waals surface area contributed by atoms with Crippen molar-refractivity contribution in [2.24, 2.45) is 14.1 Å². The fourth-order valence-corrected chi connectivity index (χ4v) is 2.08. The molecule has 0 unspecified atom stereocenters. The molecule has 0 aromatic carbocycles. The van der Waals surface area contributed by atoms with Crippen molar-refractivity contribution in [1.29, 1.82) is 0 Å². The molecule has 2 aromatic heterocycles. The molecule has 0 bridgehead atoms. The van der Waals surface area contributed by atoms with Gasteiger partial charge >= 0.3 is 0 Å². The van der Waals surface area contributed by atoms with E-state index in [1.165, 1.54) is 0 Å². The molecule has 3 nitrogen and oxygen atoms in total. The van der Waals surface area contributed by atoms with Crippen LogP contribution in [0.4, 0.5) is 0 Å². The third-order valence-corrected chi connectivity index (χ3v) is 2.79. The monoisotopic (exact) mass is 240 g/mol. The first-order chi connectivity index (χ1) is 6.11. The van der Waals surface area contributed by atoms with Crippen molar-refractivity contribution < 1.29 is 0 Å². The van der Waals surface area contributed by atoms with E-state index in [0.29, 0.717) is 0 Å². The van der Waals surface area contributed by atoms with E-state index in [-0.39, 0.29) is 5.56 Å². The van der Waals surface area contributed by atoms with Crippen LogP contribution in [0.2, 0.25) is 0 Å². The molecule has 2 rings (SSSR count). The van der Waals surface area contributed by atoms with E-state index in [9.17, 15) is 4.79 Å². The van der Waals surface area contributed by atoms with Gasteiger partial charge in [0.05, 0.1) is 0 Å². The largest absolute Gasteiger partial charge is 0.346 e. The third-order valence-electron chi connectivity index (χ3n) is 2.16. The first-order valence-corrected chi connectivity index (χ1v) is 4.70. The lowest BCUT2D eigenvalue weighted by Gasteiger charge is -2.01. The van der Waals surface area contributed by atoms with Crippen LogP contribution >= 0.6 is 15.9 Å². The summed E-state index contributed by atoms with van der Waals surface area (Å²) in [5, 5.41) is 0.964. The summed E-state index contributed by atoms with van der Waals surface area (Å²) in [4.78, 5) is 11.7. The normalized spacial score (nSPS) is 11.0. The standard InChI is InChI=1S/C9H9BrN2O/c1-11-4-3-6-7(10)5-12(2)9(13)8(6)11/h3-5H,1-2H3. The smallest absolute Gasteiger partial charge is 0.274 e. The van der Waals surface area contributed by atoms with Gasteiger partial charge < -0.3 is 9.13 Å². The molecule has 13 heavy (non-hydrogen) atoms. The van der Waals surface area contributed by atoms with Gasteiger partial charge in [0.2, 0.25) is 0 Å². The average molecular weight is 241 g/mol. The molecule has 0 radical (unpaired) electrons. The molecule has 0 spiro atoms. The van der Waals surface area contributed by atoms with Crippen LogP contribution in [-0.2, 0) is 14.1 Å². The Morgan fingerprint density at radius 1 is 1.31 bits per heavy atom. The highest BCUT2D eigenvalue weighted by Gasteiger charge is 2.07.